The Bertz CT molecular complexity index is 670. The third-order valence-corrected chi connectivity index (χ3v) is 3.27. The summed E-state index contributed by atoms with van der Waals surface area (Å²) in [6.45, 7) is -0.0122. The normalized spacial score (nSPS) is 12.1. The van der Waals surface area contributed by atoms with Crippen LogP contribution in [0.2, 0.25) is 0 Å². The number of nitrogens with zero attached hydrogens (tertiary/aromatic N) is 1. The number of hydrogen-bond donors (Lipinski definition) is 0. The first kappa shape index (κ1) is 11.2. The van der Waals surface area contributed by atoms with Gasteiger partial charge in [0.2, 0.25) is 9.05 Å². The molecule has 0 amide bonds. The fourth-order valence-electron chi connectivity index (χ4n) is 1.43. The summed E-state index contributed by atoms with van der Waals surface area (Å²) in [5.74, 6) is -0.889. The monoisotopic (exact) mass is 261 g/mol. The van der Waals surface area contributed by atoms with Crippen molar-refractivity contribution in [3.63, 3.8) is 0 Å². The highest BCUT2D eigenvalue weighted by Crippen LogP contribution is 2.12. The van der Waals surface area contributed by atoms with E-state index in [-0.39, 0.29) is 12.3 Å². The topological polar surface area (TPSA) is 69.3 Å². The van der Waals surface area contributed by atoms with E-state index < -0.39 is 14.8 Å². The molecule has 2 aromatic rings. The molecule has 0 radical (unpaired) electrons. The van der Waals surface area contributed by atoms with Gasteiger partial charge in [0.05, 0.1) is 11.3 Å². The Morgan fingerprint density at radius 1 is 1.31 bits per heavy atom. The van der Waals surface area contributed by atoms with Crippen LogP contribution in [0.3, 0.4) is 0 Å². The van der Waals surface area contributed by atoms with Crippen LogP contribution in [0.4, 0.5) is 0 Å². The lowest BCUT2D eigenvalue weighted by atomic mass is 10.3. The number of benzene rings is 1. The molecular formula is C9H8ClNO4S. The maximum Gasteiger partial charge on any atom is 0.419 e. The molecule has 0 saturated carbocycles. The Hall–Kier alpha value is -1.27. The van der Waals surface area contributed by atoms with Crippen LogP contribution >= 0.6 is 10.7 Å². The molecule has 0 fully saturated rings. The van der Waals surface area contributed by atoms with Crippen LogP contribution in [0.25, 0.3) is 11.1 Å². The Morgan fingerprint density at radius 3 is 2.69 bits per heavy atom. The Kier molecular flexibility index (Phi) is 2.77. The highest BCUT2D eigenvalue weighted by molar-refractivity contribution is 8.13. The fraction of sp³-hybridized carbons (Fsp3) is 0.222. The summed E-state index contributed by atoms with van der Waals surface area (Å²) in [6.07, 6.45) is 0. The summed E-state index contributed by atoms with van der Waals surface area (Å²) in [4.78, 5) is 11.4. The molecule has 0 bridgehead atoms. The minimum absolute atomic E-state index is 0.0122. The molecule has 1 heterocycles. The number of fused-ring (bicyclic) bond motifs is 1. The predicted octanol–water partition coefficient (Wildman–Crippen LogP) is 1.16. The molecule has 0 saturated heterocycles. The zero-order chi connectivity index (χ0) is 11.8. The third-order valence-electron chi connectivity index (χ3n) is 2.13. The molecule has 5 nitrogen and oxygen atoms in total. The molecule has 0 aliphatic rings. The smallest absolute Gasteiger partial charge is 0.408 e. The van der Waals surface area contributed by atoms with Gasteiger partial charge in [-0.2, -0.15) is 0 Å². The molecule has 1 aromatic heterocycles. The first-order valence-electron chi connectivity index (χ1n) is 4.48. The second-order valence-electron chi connectivity index (χ2n) is 3.23. The fourth-order valence-corrected chi connectivity index (χ4v) is 2.03. The van der Waals surface area contributed by atoms with Gasteiger partial charge in [0.25, 0.3) is 0 Å². The predicted molar refractivity (Wildman–Crippen MR) is 60.1 cm³/mol. The molecule has 0 spiro atoms. The van der Waals surface area contributed by atoms with E-state index in [1.165, 1.54) is 4.57 Å². The lowest BCUT2D eigenvalue weighted by Crippen LogP contribution is -2.18. The van der Waals surface area contributed by atoms with E-state index >= 15 is 0 Å². The molecule has 0 aliphatic carbocycles. The van der Waals surface area contributed by atoms with Crippen molar-refractivity contribution in [3.8, 4) is 0 Å². The summed E-state index contributed by atoms with van der Waals surface area (Å²) >= 11 is 0. The molecule has 86 valence electrons. The van der Waals surface area contributed by atoms with Crippen molar-refractivity contribution in [2.45, 2.75) is 6.54 Å². The number of halogens is 1. The van der Waals surface area contributed by atoms with Crippen LogP contribution in [-0.2, 0) is 15.6 Å². The number of hydrogen-bond acceptors (Lipinski definition) is 4. The lowest BCUT2D eigenvalue weighted by Gasteiger charge is -1.98. The summed E-state index contributed by atoms with van der Waals surface area (Å²) < 4.78 is 27.8. The maximum atomic E-state index is 11.4. The van der Waals surface area contributed by atoms with Crippen LogP contribution in [0.1, 0.15) is 0 Å². The van der Waals surface area contributed by atoms with Crippen molar-refractivity contribution in [3.05, 3.63) is 34.8 Å². The van der Waals surface area contributed by atoms with Gasteiger partial charge < -0.3 is 4.42 Å². The largest absolute Gasteiger partial charge is 0.419 e. The maximum absolute atomic E-state index is 11.4. The highest BCUT2D eigenvalue weighted by Gasteiger charge is 2.11. The van der Waals surface area contributed by atoms with Crippen LogP contribution < -0.4 is 5.76 Å². The van der Waals surface area contributed by atoms with Crippen LogP contribution in [0, 0.1) is 0 Å². The van der Waals surface area contributed by atoms with Gasteiger partial charge in [-0.25, -0.2) is 13.2 Å². The quantitative estimate of drug-likeness (QED) is 0.778. The zero-order valence-electron chi connectivity index (χ0n) is 8.09. The summed E-state index contributed by atoms with van der Waals surface area (Å²) in [7, 11) is 1.47. The number of rotatable bonds is 3. The molecule has 0 aliphatic heterocycles. The first-order chi connectivity index (χ1) is 7.47. The van der Waals surface area contributed by atoms with E-state index in [1.54, 1.807) is 24.3 Å². The SMILES string of the molecule is O=c1oc2ccccc2n1CCS(=O)(=O)Cl. The second-order valence-corrected chi connectivity index (χ2v) is 6.13. The van der Waals surface area contributed by atoms with Crippen LogP contribution in [0.5, 0.6) is 0 Å². The van der Waals surface area contributed by atoms with Gasteiger partial charge in [0.15, 0.2) is 5.58 Å². The van der Waals surface area contributed by atoms with E-state index in [4.69, 9.17) is 15.1 Å². The number of aryl methyl sites for hydroxylation is 1. The standard InChI is InChI=1S/C9H8ClNO4S/c10-16(13,14)6-5-11-7-3-1-2-4-8(7)15-9(11)12/h1-4H,5-6H2. The molecule has 0 atom stereocenters. The highest BCUT2D eigenvalue weighted by atomic mass is 35.7. The summed E-state index contributed by atoms with van der Waals surface area (Å²) in [5.41, 5.74) is 0.993. The van der Waals surface area contributed by atoms with Gasteiger partial charge >= 0.3 is 5.76 Å². The third kappa shape index (κ3) is 2.28. The van der Waals surface area contributed by atoms with Crippen molar-refractivity contribution in [1.29, 1.82) is 0 Å². The van der Waals surface area contributed by atoms with E-state index in [0.717, 1.165) is 0 Å². The van der Waals surface area contributed by atoms with E-state index in [1.807, 2.05) is 0 Å². The molecule has 16 heavy (non-hydrogen) atoms. The van der Waals surface area contributed by atoms with Gasteiger partial charge in [-0.3, -0.25) is 4.57 Å². The van der Waals surface area contributed by atoms with Crippen molar-refractivity contribution < 1.29 is 12.8 Å². The lowest BCUT2D eigenvalue weighted by molar-refractivity contribution is 0.512. The average molecular weight is 262 g/mol. The second kappa shape index (κ2) is 3.95. The molecular weight excluding hydrogens is 254 g/mol. The van der Waals surface area contributed by atoms with E-state index in [2.05, 4.69) is 0 Å². The molecule has 2 rings (SSSR count). The summed E-state index contributed by atoms with van der Waals surface area (Å²) in [6, 6.07) is 6.79. The average Bonchev–Trinajstić information content (AvgIpc) is 2.49. The first-order valence-corrected chi connectivity index (χ1v) is 6.96. The number of oxazole rings is 1. The van der Waals surface area contributed by atoms with Crippen molar-refractivity contribution in [1.82, 2.24) is 4.57 Å². The number of aromatic nitrogens is 1. The Balaban J connectivity index is 2.44. The Morgan fingerprint density at radius 2 is 2.00 bits per heavy atom. The zero-order valence-corrected chi connectivity index (χ0v) is 9.66. The minimum atomic E-state index is -3.61. The van der Waals surface area contributed by atoms with Crippen molar-refractivity contribution in [2.24, 2.45) is 0 Å². The molecule has 7 heteroatoms. The van der Waals surface area contributed by atoms with Crippen LogP contribution in [-0.4, -0.2) is 18.7 Å². The molecule has 0 N–H and O–H groups in total. The van der Waals surface area contributed by atoms with Crippen LogP contribution in [0.15, 0.2) is 33.5 Å². The van der Waals surface area contributed by atoms with Crippen molar-refractivity contribution in [2.75, 3.05) is 5.75 Å². The molecule has 1 aromatic carbocycles. The summed E-state index contributed by atoms with van der Waals surface area (Å²) in [5, 5.41) is 0. The van der Waals surface area contributed by atoms with Gasteiger partial charge in [-0.1, -0.05) is 12.1 Å². The van der Waals surface area contributed by atoms with Gasteiger partial charge in [0, 0.05) is 17.2 Å². The van der Waals surface area contributed by atoms with Crippen molar-refractivity contribution >= 4 is 30.8 Å². The molecule has 0 unspecified atom stereocenters. The minimum Gasteiger partial charge on any atom is -0.408 e. The number of para-hydroxylation sites is 2. The van der Waals surface area contributed by atoms with Gasteiger partial charge in [-0.15, -0.1) is 0 Å². The van der Waals surface area contributed by atoms with E-state index in [9.17, 15) is 13.2 Å². The Labute approximate surface area is 95.7 Å². The van der Waals surface area contributed by atoms with Gasteiger partial charge in [-0.05, 0) is 12.1 Å². The van der Waals surface area contributed by atoms with Gasteiger partial charge in [0.1, 0.15) is 0 Å². The van der Waals surface area contributed by atoms with E-state index in [0.29, 0.717) is 11.1 Å².